The topological polar surface area (TPSA) is 23.9 Å². The zero-order chi connectivity index (χ0) is 6.85. The van der Waals surface area contributed by atoms with Gasteiger partial charge in [0.25, 0.3) is 0 Å². The standard InChI is InChI=1S/C7H8FN/c1-5-4-6(8)2-3-7(5)9/h2-5,9H,1H3. The summed E-state index contributed by atoms with van der Waals surface area (Å²) >= 11 is 0. The van der Waals surface area contributed by atoms with E-state index < -0.39 is 0 Å². The van der Waals surface area contributed by atoms with Gasteiger partial charge in [0.15, 0.2) is 0 Å². The van der Waals surface area contributed by atoms with Gasteiger partial charge in [0.05, 0.1) is 0 Å². The summed E-state index contributed by atoms with van der Waals surface area (Å²) in [7, 11) is 0. The zero-order valence-electron chi connectivity index (χ0n) is 5.19. The molecule has 9 heavy (non-hydrogen) atoms. The van der Waals surface area contributed by atoms with Crippen LogP contribution in [0.25, 0.3) is 0 Å². The molecule has 0 heterocycles. The Morgan fingerprint density at radius 2 is 2.22 bits per heavy atom. The average Bonchev–Trinajstić information content (AvgIpc) is 1.80. The van der Waals surface area contributed by atoms with Gasteiger partial charge in [-0.1, -0.05) is 6.92 Å². The minimum absolute atomic E-state index is 0.0602. The fourth-order valence-electron chi connectivity index (χ4n) is 0.705. The third-order valence-electron chi connectivity index (χ3n) is 1.32. The molecule has 0 bridgehead atoms. The molecule has 1 rings (SSSR count). The van der Waals surface area contributed by atoms with E-state index in [1.165, 1.54) is 18.2 Å². The van der Waals surface area contributed by atoms with Crippen LogP contribution in [0.5, 0.6) is 0 Å². The van der Waals surface area contributed by atoms with Gasteiger partial charge >= 0.3 is 0 Å². The summed E-state index contributed by atoms with van der Waals surface area (Å²) in [6.07, 6.45) is 4.23. The van der Waals surface area contributed by atoms with Gasteiger partial charge in [0.2, 0.25) is 0 Å². The van der Waals surface area contributed by atoms with Gasteiger partial charge in [0.1, 0.15) is 5.83 Å². The van der Waals surface area contributed by atoms with Crippen LogP contribution in [0.3, 0.4) is 0 Å². The summed E-state index contributed by atoms with van der Waals surface area (Å²) in [6.45, 7) is 1.80. The molecule has 0 aromatic heterocycles. The normalized spacial score (nSPS) is 26.2. The summed E-state index contributed by atoms with van der Waals surface area (Å²) in [5, 5.41) is 7.19. The summed E-state index contributed by atoms with van der Waals surface area (Å²) in [6, 6.07) is 0. The Morgan fingerprint density at radius 3 is 2.67 bits per heavy atom. The van der Waals surface area contributed by atoms with Crippen LogP contribution < -0.4 is 0 Å². The van der Waals surface area contributed by atoms with Crippen molar-refractivity contribution in [3.63, 3.8) is 0 Å². The van der Waals surface area contributed by atoms with Crippen LogP contribution in [0.15, 0.2) is 24.1 Å². The Hall–Kier alpha value is -0.920. The SMILES string of the molecule is CC1C=C(F)C=CC1=N. The molecule has 0 aliphatic heterocycles. The fourth-order valence-corrected chi connectivity index (χ4v) is 0.705. The highest BCUT2D eigenvalue weighted by molar-refractivity contribution is 5.96. The van der Waals surface area contributed by atoms with E-state index in [4.69, 9.17) is 5.41 Å². The molecule has 48 valence electrons. The Balaban J connectivity index is 2.82. The van der Waals surface area contributed by atoms with Crippen molar-refractivity contribution in [2.45, 2.75) is 6.92 Å². The van der Waals surface area contributed by atoms with Gasteiger partial charge in [-0.25, -0.2) is 4.39 Å². The molecule has 0 spiro atoms. The lowest BCUT2D eigenvalue weighted by Gasteiger charge is -2.07. The number of allylic oxidation sites excluding steroid dienone is 4. The Labute approximate surface area is 53.4 Å². The summed E-state index contributed by atoms with van der Waals surface area (Å²) in [4.78, 5) is 0. The highest BCUT2D eigenvalue weighted by Crippen LogP contribution is 2.13. The van der Waals surface area contributed by atoms with Crippen molar-refractivity contribution in [2.24, 2.45) is 5.92 Å². The first kappa shape index (κ1) is 6.20. The molecule has 2 heteroatoms. The number of hydrogen-bond acceptors (Lipinski definition) is 1. The molecule has 1 atom stereocenters. The van der Waals surface area contributed by atoms with E-state index in [0.29, 0.717) is 5.71 Å². The highest BCUT2D eigenvalue weighted by Gasteiger charge is 2.07. The smallest absolute Gasteiger partial charge is 0.119 e. The van der Waals surface area contributed by atoms with E-state index in [9.17, 15) is 4.39 Å². The van der Waals surface area contributed by atoms with E-state index in [1.807, 2.05) is 0 Å². The quantitative estimate of drug-likeness (QED) is 0.512. The predicted molar refractivity (Wildman–Crippen MR) is 35.2 cm³/mol. The van der Waals surface area contributed by atoms with Crippen LogP contribution in [0.1, 0.15) is 6.92 Å². The maximum Gasteiger partial charge on any atom is 0.119 e. The molecule has 0 aromatic rings. The number of halogens is 1. The second-order valence-corrected chi connectivity index (χ2v) is 2.13. The van der Waals surface area contributed by atoms with Crippen molar-refractivity contribution in [1.29, 1.82) is 5.41 Å². The molecule has 1 N–H and O–H groups in total. The number of nitrogens with one attached hydrogen (secondary N) is 1. The molecule has 0 saturated heterocycles. The van der Waals surface area contributed by atoms with Crippen LogP contribution in [-0.4, -0.2) is 5.71 Å². The fraction of sp³-hybridized carbons (Fsp3) is 0.286. The molecule has 0 saturated carbocycles. The highest BCUT2D eigenvalue weighted by atomic mass is 19.1. The number of rotatable bonds is 0. The van der Waals surface area contributed by atoms with Crippen LogP contribution in [0.2, 0.25) is 0 Å². The van der Waals surface area contributed by atoms with E-state index in [1.54, 1.807) is 6.92 Å². The lowest BCUT2D eigenvalue weighted by Crippen LogP contribution is -2.06. The van der Waals surface area contributed by atoms with Gasteiger partial charge in [-0.3, -0.25) is 0 Å². The Bertz CT molecular complexity index is 191. The maximum absolute atomic E-state index is 12.3. The van der Waals surface area contributed by atoms with Crippen molar-refractivity contribution < 1.29 is 4.39 Å². The molecular formula is C7H8FN. The van der Waals surface area contributed by atoms with Crippen LogP contribution in [0.4, 0.5) is 4.39 Å². The van der Waals surface area contributed by atoms with Crippen molar-refractivity contribution in [3.8, 4) is 0 Å². The first-order chi connectivity index (χ1) is 4.20. The lowest BCUT2D eigenvalue weighted by molar-refractivity contribution is 0.652. The maximum atomic E-state index is 12.3. The minimum atomic E-state index is -0.237. The third-order valence-corrected chi connectivity index (χ3v) is 1.32. The largest absolute Gasteiger partial charge is 0.305 e. The second kappa shape index (κ2) is 2.13. The molecule has 1 aliphatic rings. The van der Waals surface area contributed by atoms with E-state index >= 15 is 0 Å². The minimum Gasteiger partial charge on any atom is -0.305 e. The van der Waals surface area contributed by atoms with Crippen molar-refractivity contribution in [3.05, 3.63) is 24.1 Å². The average molecular weight is 125 g/mol. The summed E-state index contributed by atoms with van der Waals surface area (Å²) in [5.74, 6) is -0.298. The van der Waals surface area contributed by atoms with Crippen LogP contribution >= 0.6 is 0 Å². The first-order valence-electron chi connectivity index (χ1n) is 2.84. The van der Waals surface area contributed by atoms with Gasteiger partial charge in [-0.15, -0.1) is 0 Å². The Morgan fingerprint density at radius 1 is 1.56 bits per heavy atom. The molecule has 0 radical (unpaired) electrons. The van der Waals surface area contributed by atoms with Gasteiger partial charge in [-0.05, 0) is 18.2 Å². The summed E-state index contributed by atoms with van der Waals surface area (Å²) in [5.41, 5.74) is 0.469. The zero-order valence-corrected chi connectivity index (χ0v) is 5.19. The molecular weight excluding hydrogens is 117 g/mol. The second-order valence-electron chi connectivity index (χ2n) is 2.13. The van der Waals surface area contributed by atoms with Crippen LogP contribution in [0, 0.1) is 11.3 Å². The van der Waals surface area contributed by atoms with Gasteiger partial charge < -0.3 is 5.41 Å². The van der Waals surface area contributed by atoms with Crippen molar-refractivity contribution in [2.75, 3.05) is 0 Å². The lowest BCUT2D eigenvalue weighted by atomic mass is 10.0. The van der Waals surface area contributed by atoms with Gasteiger partial charge in [0, 0.05) is 11.6 Å². The van der Waals surface area contributed by atoms with Crippen LogP contribution in [-0.2, 0) is 0 Å². The molecule has 1 unspecified atom stereocenters. The van der Waals surface area contributed by atoms with E-state index in [-0.39, 0.29) is 11.7 Å². The monoisotopic (exact) mass is 125 g/mol. The first-order valence-corrected chi connectivity index (χ1v) is 2.84. The molecule has 0 fully saturated rings. The van der Waals surface area contributed by atoms with E-state index in [0.717, 1.165) is 0 Å². The van der Waals surface area contributed by atoms with E-state index in [2.05, 4.69) is 0 Å². The third kappa shape index (κ3) is 1.25. The number of hydrogen-bond donors (Lipinski definition) is 1. The predicted octanol–water partition coefficient (Wildman–Crippen LogP) is 2.07. The Kier molecular flexibility index (Phi) is 1.47. The van der Waals surface area contributed by atoms with Crippen molar-refractivity contribution >= 4 is 5.71 Å². The molecule has 1 nitrogen and oxygen atoms in total. The van der Waals surface area contributed by atoms with Gasteiger partial charge in [-0.2, -0.15) is 0 Å². The molecule has 1 aliphatic carbocycles. The molecule has 0 aromatic carbocycles. The summed E-state index contributed by atoms with van der Waals surface area (Å²) < 4.78 is 12.3. The molecule has 0 amide bonds. The van der Waals surface area contributed by atoms with Crippen molar-refractivity contribution in [1.82, 2.24) is 0 Å².